The van der Waals surface area contributed by atoms with Crippen LogP contribution >= 0.6 is 27.3 Å². The summed E-state index contributed by atoms with van der Waals surface area (Å²) in [6.45, 7) is 3.09. The van der Waals surface area contributed by atoms with Crippen molar-refractivity contribution in [1.82, 2.24) is 14.9 Å². The molecule has 1 heterocycles. The predicted octanol–water partition coefficient (Wildman–Crippen LogP) is 2.19. The quantitative estimate of drug-likeness (QED) is 0.523. The highest BCUT2D eigenvalue weighted by Gasteiger charge is 2.14. The smallest absolute Gasteiger partial charge is 0.240 e. The molecular formula is C15H19BrN4O4S2. The van der Waals surface area contributed by atoms with Crippen LogP contribution in [0.3, 0.4) is 0 Å². The monoisotopic (exact) mass is 462 g/mol. The molecule has 26 heavy (non-hydrogen) atoms. The van der Waals surface area contributed by atoms with Crippen LogP contribution in [0.2, 0.25) is 0 Å². The van der Waals surface area contributed by atoms with Gasteiger partial charge in [0.1, 0.15) is 5.01 Å². The highest BCUT2D eigenvalue weighted by molar-refractivity contribution is 9.10. The number of nitrogens with one attached hydrogen (secondary N) is 2. The Morgan fingerprint density at radius 1 is 1.27 bits per heavy atom. The number of nitrogens with zero attached hydrogens (tertiary/aromatic N) is 2. The van der Waals surface area contributed by atoms with Crippen LogP contribution in [0.4, 0.5) is 5.13 Å². The zero-order valence-electron chi connectivity index (χ0n) is 14.1. The van der Waals surface area contributed by atoms with E-state index in [1.165, 1.54) is 23.5 Å². The number of ether oxygens (including phenoxy) is 1. The third kappa shape index (κ3) is 6.72. The molecule has 11 heteroatoms. The summed E-state index contributed by atoms with van der Waals surface area (Å²) in [6, 6.07) is 6.24. The molecule has 0 fully saturated rings. The van der Waals surface area contributed by atoms with E-state index in [0.717, 1.165) is 9.48 Å². The van der Waals surface area contributed by atoms with E-state index in [1.54, 1.807) is 12.1 Å². The van der Waals surface area contributed by atoms with Crippen LogP contribution in [-0.4, -0.2) is 44.3 Å². The van der Waals surface area contributed by atoms with Crippen LogP contribution in [0, 0.1) is 0 Å². The third-order valence-corrected chi connectivity index (χ3v) is 6.05. The van der Waals surface area contributed by atoms with Gasteiger partial charge >= 0.3 is 0 Å². The molecule has 0 radical (unpaired) electrons. The van der Waals surface area contributed by atoms with Crippen molar-refractivity contribution >= 4 is 48.3 Å². The summed E-state index contributed by atoms with van der Waals surface area (Å²) >= 11 is 4.52. The minimum absolute atomic E-state index is 0.0103. The maximum Gasteiger partial charge on any atom is 0.240 e. The SMILES string of the molecule is CCOCCc1nnc(NC(=O)CCNS(=O)(=O)c2ccc(Br)cc2)s1. The van der Waals surface area contributed by atoms with Crippen molar-refractivity contribution in [2.24, 2.45) is 0 Å². The van der Waals surface area contributed by atoms with Gasteiger partial charge < -0.3 is 10.1 Å². The predicted molar refractivity (Wildman–Crippen MR) is 103 cm³/mol. The van der Waals surface area contributed by atoms with Crippen molar-refractivity contribution in [3.63, 3.8) is 0 Å². The van der Waals surface area contributed by atoms with Crippen molar-refractivity contribution in [3.05, 3.63) is 33.7 Å². The van der Waals surface area contributed by atoms with E-state index >= 15 is 0 Å². The van der Waals surface area contributed by atoms with Crippen LogP contribution in [0.15, 0.2) is 33.6 Å². The first-order valence-corrected chi connectivity index (χ1v) is 10.9. The summed E-state index contributed by atoms with van der Waals surface area (Å²) in [5.74, 6) is -0.337. The van der Waals surface area contributed by atoms with Crippen molar-refractivity contribution < 1.29 is 17.9 Å². The molecule has 0 aliphatic heterocycles. The fourth-order valence-electron chi connectivity index (χ4n) is 1.89. The highest BCUT2D eigenvalue weighted by atomic mass is 79.9. The van der Waals surface area contributed by atoms with Crippen LogP contribution in [-0.2, 0) is 26.0 Å². The van der Waals surface area contributed by atoms with Crippen molar-refractivity contribution in [2.75, 3.05) is 25.1 Å². The second-order valence-corrected chi connectivity index (χ2v) is 8.84. The lowest BCUT2D eigenvalue weighted by Crippen LogP contribution is -2.27. The minimum Gasteiger partial charge on any atom is -0.381 e. The van der Waals surface area contributed by atoms with Crippen LogP contribution in [0.25, 0.3) is 0 Å². The molecule has 0 bridgehead atoms. The molecular weight excluding hydrogens is 444 g/mol. The van der Waals surface area contributed by atoms with Crippen molar-refractivity contribution in [3.8, 4) is 0 Å². The molecule has 1 aromatic carbocycles. The van der Waals surface area contributed by atoms with Crippen molar-refractivity contribution in [1.29, 1.82) is 0 Å². The van der Waals surface area contributed by atoms with Gasteiger partial charge in [-0.3, -0.25) is 4.79 Å². The molecule has 1 amide bonds. The van der Waals surface area contributed by atoms with Crippen LogP contribution < -0.4 is 10.0 Å². The Morgan fingerprint density at radius 3 is 2.69 bits per heavy atom. The van der Waals surface area contributed by atoms with Gasteiger partial charge in [0, 0.05) is 30.5 Å². The number of hydrogen-bond donors (Lipinski definition) is 2. The minimum atomic E-state index is -3.64. The number of carbonyl (C=O) groups excluding carboxylic acids is 1. The van der Waals surface area contributed by atoms with E-state index in [1.807, 2.05) is 6.92 Å². The number of anilines is 1. The van der Waals surface area contributed by atoms with Gasteiger partial charge in [-0.25, -0.2) is 13.1 Å². The molecule has 2 N–H and O–H groups in total. The maximum absolute atomic E-state index is 12.1. The molecule has 0 saturated carbocycles. The first-order chi connectivity index (χ1) is 12.4. The number of hydrogen-bond acceptors (Lipinski definition) is 7. The lowest BCUT2D eigenvalue weighted by molar-refractivity contribution is -0.116. The van der Waals surface area contributed by atoms with Gasteiger partial charge in [0.05, 0.1) is 11.5 Å². The summed E-state index contributed by atoms with van der Waals surface area (Å²) < 4.78 is 32.7. The van der Waals surface area contributed by atoms with Gasteiger partial charge in [-0.1, -0.05) is 27.3 Å². The molecule has 2 aromatic rings. The number of amides is 1. The standard InChI is InChI=1S/C15H19BrN4O4S2/c1-2-24-10-8-14-19-20-15(25-14)18-13(21)7-9-17-26(22,23)12-5-3-11(16)4-6-12/h3-6,17H,2,7-10H2,1H3,(H,18,20,21). The average molecular weight is 463 g/mol. The van der Waals surface area contributed by atoms with Gasteiger partial charge in [0.2, 0.25) is 21.1 Å². The molecule has 8 nitrogen and oxygen atoms in total. The zero-order chi connectivity index (χ0) is 19.0. The topological polar surface area (TPSA) is 110 Å². The van der Waals surface area contributed by atoms with E-state index in [4.69, 9.17) is 4.74 Å². The fourth-order valence-corrected chi connectivity index (χ4v) is 3.92. The Morgan fingerprint density at radius 2 is 2.00 bits per heavy atom. The number of rotatable bonds is 10. The van der Waals surface area contributed by atoms with E-state index in [-0.39, 0.29) is 23.8 Å². The van der Waals surface area contributed by atoms with Gasteiger partial charge in [-0.2, -0.15) is 0 Å². The Hall–Kier alpha value is -1.40. The first-order valence-electron chi connectivity index (χ1n) is 7.86. The van der Waals surface area contributed by atoms with Crippen LogP contribution in [0.1, 0.15) is 18.4 Å². The number of carbonyl (C=O) groups is 1. The van der Waals surface area contributed by atoms with E-state index in [0.29, 0.717) is 24.8 Å². The lowest BCUT2D eigenvalue weighted by atomic mass is 10.4. The van der Waals surface area contributed by atoms with Crippen molar-refractivity contribution in [2.45, 2.75) is 24.7 Å². The average Bonchev–Trinajstić information content (AvgIpc) is 3.02. The molecule has 142 valence electrons. The van der Waals surface area contributed by atoms with E-state index in [2.05, 4.69) is 36.2 Å². The zero-order valence-corrected chi connectivity index (χ0v) is 17.3. The molecule has 0 saturated heterocycles. The highest BCUT2D eigenvalue weighted by Crippen LogP contribution is 2.16. The second-order valence-electron chi connectivity index (χ2n) is 5.10. The first kappa shape index (κ1) is 20.9. The Bertz CT molecular complexity index is 824. The molecule has 2 rings (SSSR count). The maximum atomic E-state index is 12.1. The molecule has 0 aliphatic rings. The largest absolute Gasteiger partial charge is 0.381 e. The number of benzene rings is 1. The summed E-state index contributed by atoms with van der Waals surface area (Å²) in [5.41, 5.74) is 0. The molecule has 0 atom stereocenters. The normalized spacial score (nSPS) is 11.5. The van der Waals surface area contributed by atoms with Gasteiger partial charge in [-0.15, -0.1) is 10.2 Å². The van der Waals surface area contributed by atoms with Gasteiger partial charge in [-0.05, 0) is 31.2 Å². The molecule has 0 unspecified atom stereocenters. The summed E-state index contributed by atoms with van der Waals surface area (Å²) in [7, 11) is -3.64. The third-order valence-electron chi connectivity index (χ3n) is 3.15. The number of halogens is 1. The Labute approximate surface area is 164 Å². The lowest BCUT2D eigenvalue weighted by Gasteiger charge is -2.06. The van der Waals surface area contributed by atoms with Gasteiger partial charge in [0.15, 0.2) is 0 Å². The fraction of sp³-hybridized carbons (Fsp3) is 0.400. The number of sulfonamides is 1. The summed E-state index contributed by atoms with van der Waals surface area (Å²) in [6.07, 6.45) is 0.623. The second kappa shape index (κ2) is 10.1. The number of aromatic nitrogens is 2. The summed E-state index contributed by atoms with van der Waals surface area (Å²) in [4.78, 5) is 12.1. The van der Waals surface area contributed by atoms with Crippen LogP contribution in [0.5, 0.6) is 0 Å². The Kier molecular flexibility index (Phi) is 8.10. The molecule has 1 aromatic heterocycles. The van der Waals surface area contributed by atoms with E-state index in [9.17, 15) is 13.2 Å². The molecule has 0 spiro atoms. The van der Waals surface area contributed by atoms with E-state index < -0.39 is 10.0 Å². The molecule has 0 aliphatic carbocycles. The summed E-state index contributed by atoms with van der Waals surface area (Å²) in [5, 5.41) is 11.6. The van der Waals surface area contributed by atoms with Gasteiger partial charge in [0.25, 0.3) is 0 Å². The Balaban J connectivity index is 1.77.